The maximum Gasteiger partial charge on any atom is 0.267 e. The molecule has 2 aliphatic heterocycles. The normalized spacial score (nSPS) is 19.9. The van der Waals surface area contributed by atoms with Crippen LogP contribution in [0.5, 0.6) is 0 Å². The molecule has 3 aliphatic rings. The van der Waals surface area contributed by atoms with Gasteiger partial charge >= 0.3 is 0 Å². The number of amides is 1. The standard InChI is InChI=1S/C22H22N2O3S/c25-22(23-12-3-4-13-23)21-15-24(18-11-10-16-6-5-7-17(16)14-18)19-8-1-2-9-20(19)28(21,26)27/h1-2,8-11,14-15H,3-7,12-13H2. The minimum atomic E-state index is -3.84. The Hall–Kier alpha value is -2.60. The minimum absolute atomic E-state index is 0.131. The SMILES string of the molecule is O=C(C1=CN(c2ccc3c(c2)CCC3)c2ccccc2S1(=O)=O)N1CCCC1. The Bertz CT molecular complexity index is 1100. The van der Waals surface area contributed by atoms with Gasteiger partial charge in [0, 0.05) is 25.0 Å². The zero-order valence-electron chi connectivity index (χ0n) is 15.6. The van der Waals surface area contributed by atoms with Gasteiger partial charge in [0.1, 0.15) is 0 Å². The number of carbonyl (C=O) groups is 1. The molecule has 1 amide bonds. The van der Waals surface area contributed by atoms with E-state index in [0.29, 0.717) is 18.8 Å². The first-order valence-electron chi connectivity index (χ1n) is 9.82. The number of anilines is 2. The molecule has 2 aromatic rings. The number of hydrogen-bond donors (Lipinski definition) is 0. The van der Waals surface area contributed by atoms with Crippen molar-refractivity contribution in [1.29, 1.82) is 0 Å². The van der Waals surface area contributed by atoms with E-state index in [9.17, 15) is 13.2 Å². The Labute approximate surface area is 165 Å². The molecule has 2 aromatic carbocycles. The molecule has 0 spiro atoms. The van der Waals surface area contributed by atoms with Crippen molar-refractivity contribution >= 4 is 27.1 Å². The molecular weight excluding hydrogens is 372 g/mol. The van der Waals surface area contributed by atoms with Gasteiger partial charge in [0.2, 0.25) is 9.84 Å². The third-order valence-electron chi connectivity index (χ3n) is 5.91. The second-order valence-corrected chi connectivity index (χ2v) is 9.53. The summed E-state index contributed by atoms with van der Waals surface area (Å²) in [5.41, 5.74) is 4.16. The van der Waals surface area contributed by atoms with E-state index in [1.54, 1.807) is 23.1 Å². The Morgan fingerprint density at radius 1 is 0.893 bits per heavy atom. The summed E-state index contributed by atoms with van der Waals surface area (Å²) in [6.07, 6.45) is 6.65. The predicted molar refractivity (Wildman–Crippen MR) is 108 cm³/mol. The molecule has 28 heavy (non-hydrogen) atoms. The van der Waals surface area contributed by atoms with E-state index < -0.39 is 15.7 Å². The van der Waals surface area contributed by atoms with Crippen molar-refractivity contribution in [2.75, 3.05) is 18.0 Å². The molecule has 0 saturated carbocycles. The lowest BCUT2D eigenvalue weighted by molar-refractivity contribution is -0.125. The van der Waals surface area contributed by atoms with Crippen molar-refractivity contribution < 1.29 is 13.2 Å². The third kappa shape index (κ3) is 2.66. The second kappa shape index (κ2) is 6.48. The van der Waals surface area contributed by atoms with Gasteiger partial charge in [-0.1, -0.05) is 18.2 Å². The van der Waals surface area contributed by atoms with Crippen molar-refractivity contribution in [3.8, 4) is 0 Å². The summed E-state index contributed by atoms with van der Waals surface area (Å²) in [6.45, 7) is 1.23. The average Bonchev–Trinajstić information content (AvgIpc) is 3.39. The molecular formula is C22H22N2O3S. The van der Waals surface area contributed by atoms with Gasteiger partial charge < -0.3 is 9.80 Å². The van der Waals surface area contributed by atoms with Crippen LogP contribution in [-0.4, -0.2) is 32.3 Å². The monoisotopic (exact) mass is 394 g/mol. The van der Waals surface area contributed by atoms with Crippen molar-refractivity contribution in [3.05, 3.63) is 64.7 Å². The first kappa shape index (κ1) is 17.5. The maximum atomic E-state index is 13.2. The van der Waals surface area contributed by atoms with Crippen molar-refractivity contribution in [1.82, 2.24) is 4.90 Å². The van der Waals surface area contributed by atoms with Crippen LogP contribution in [0.3, 0.4) is 0 Å². The fourth-order valence-corrected chi connectivity index (χ4v) is 5.97. The number of para-hydroxylation sites is 1. The van der Waals surface area contributed by atoms with Gasteiger partial charge in [-0.15, -0.1) is 0 Å². The van der Waals surface area contributed by atoms with E-state index in [0.717, 1.165) is 37.8 Å². The summed E-state index contributed by atoms with van der Waals surface area (Å²) in [6, 6.07) is 13.2. The van der Waals surface area contributed by atoms with Crippen molar-refractivity contribution in [2.24, 2.45) is 0 Å². The Kier molecular flexibility index (Phi) is 4.05. The first-order valence-corrected chi connectivity index (χ1v) is 11.3. The number of likely N-dealkylation sites (tertiary alicyclic amines) is 1. The lowest BCUT2D eigenvalue weighted by atomic mass is 10.1. The van der Waals surface area contributed by atoms with Gasteiger partial charge in [-0.3, -0.25) is 4.79 Å². The van der Waals surface area contributed by atoms with Crippen LogP contribution in [0.1, 0.15) is 30.4 Å². The van der Waals surface area contributed by atoms with Crippen molar-refractivity contribution in [2.45, 2.75) is 37.0 Å². The molecule has 144 valence electrons. The highest BCUT2D eigenvalue weighted by Crippen LogP contribution is 2.41. The van der Waals surface area contributed by atoms with Crippen LogP contribution in [0.15, 0.2) is 58.5 Å². The molecule has 5 nitrogen and oxygen atoms in total. The quantitative estimate of drug-likeness (QED) is 0.781. The van der Waals surface area contributed by atoms with Gasteiger partial charge in [-0.05, 0) is 67.5 Å². The largest absolute Gasteiger partial charge is 0.338 e. The fourth-order valence-electron chi connectivity index (χ4n) is 4.43. The van der Waals surface area contributed by atoms with E-state index in [1.165, 1.54) is 17.3 Å². The topological polar surface area (TPSA) is 57.7 Å². The summed E-state index contributed by atoms with van der Waals surface area (Å²) in [5.74, 6) is -0.391. The Morgan fingerprint density at radius 3 is 2.46 bits per heavy atom. The van der Waals surface area contributed by atoms with E-state index in [1.807, 2.05) is 17.0 Å². The van der Waals surface area contributed by atoms with Crippen LogP contribution in [0.4, 0.5) is 11.4 Å². The molecule has 0 bridgehead atoms. The first-order chi connectivity index (χ1) is 13.6. The van der Waals surface area contributed by atoms with E-state index in [4.69, 9.17) is 0 Å². The zero-order valence-corrected chi connectivity index (χ0v) is 16.4. The molecule has 6 heteroatoms. The molecule has 0 N–H and O–H groups in total. The average molecular weight is 394 g/mol. The Morgan fingerprint density at radius 2 is 1.64 bits per heavy atom. The summed E-state index contributed by atoms with van der Waals surface area (Å²) in [4.78, 5) is 16.6. The summed E-state index contributed by atoms with van der Waals surface area (Å²) >= 11 is 0. The van der Waals surface area contributed by atoms with E-state index in [-0.39, 0.29) is 9.80 Å². The number of sulfone groups is 1. The fraction of sp³-hybridized carbons (Fsp3) is 0.318. The number of rotatable bonds is 2. The number of fused-ring (bicyclic) bond motifs is 2. The van der Waals surface area contributed by atoms with Gasteiger partial charge in [-0.2, -0.15) is 0 Å². The smallest absolute Gasteiger partial charge is 0.267 e. The van der Waals surface area contributed by atoms with Gasteiger partial charge in [0.25, 0.3) is 5.91 Å². The Balaban J connectivity index is 1.66. The van der Waals surface area contributed by atoms with Gasteiger partial charge in [0.15, 0.2) is 4.91 Å². The number of aryl methyl sites for hydroxylation is 2. The number of hydrogen-bond acceptors (Lipinski definition) is 4. The van der Waals surface area contributed by atoms with Crippen LogP contribution in [-0.2, 0) is 27.5 Å². The maximum absolute atomic E-state index is 13.2. The lowest BCUT2D eigenvalue weighted by Gasteiger charge is -2.30. The molecule has 0 unspecified atom stereocenters. The van der Waals surface area contributed by atoms with Gasteiger partial charge in [-0.25, -0.2) is 8.42 Å². The molecule has 1 fully saturated rings. The van der Waals surface area contributed by atoms with Crippen LogP contribution < -0.4 is 4.90 Å². The van der Waals surface area contributed by atoms with E-state index in [2.05, 4.69) is 12.1 Å². The van der Waals surface area contributed by atoms with Crippen LogP contribution in [0.25, 0.3) is 0 Å². The summed E-state index contributed by atoms with van der Waals surface area (Å²) in [5, 5.41) is 0. The number of benzene rings is 2. The highest BCUT2D eigenvalue weighted by atomic mass is 32.2. The number of nitrogens with zero attached hydrogens (tertiary/aromatic N) is 2. The molecule has 0 aromatic heterocycles. The van der Waals surface area contributed by atoms with Crippen LogP contribution in [0, 0.1) is 0 Å². The summed E-state index contributed by atoms with van der Waals surface area (Å²) in [7, 11) is -3.84. The van der Waals surface area contributed by atoms with E-state index >= 15 is 0 Å². The van der Waals surface area contributed by atoms with Crippen LogP contribution >= 0.6 is 0 Å². The molecule has 1 saturated heterocycles. The molecule has 2 heterocycles. The molecule has 0 radical (unpaired) electrons. The highest BCUT2D eigenvalue weighted by Gasteiger charge is 2.38. The molecule has 1 aliphatic carbocycles. The zero-order chi connectivity index (χ0) is 19.3. The predicted octanol–water partition coefficient (Wildman–Crippen LogP) is 3.56. The number of carbonyl (C=O) groups excluding carboxylic acids is 1. The third-order valence-corrected chi connectivity index (χ3v) is 7.70. The molecule has 5 rings (SSSR count). The van der Waals surface area contributed by atoms with Crippen LogP contribution in [0.2, 0.25) is 0 Å². The molecule has 0 atom stereocenters. The summed E-state index contributed by atoms with van der Waals surface area (Å²) < 4.78 is 26.4. The minimum Gasteiger partial charge on any atom is -0.338 e. The van der Waals surface area contributed by atoms with Gasteiger partial charge in [0.05, 0.1) is 10.6 Å². The highest BCUT2D eigenvalue weighted by molar-refractivity contribution is 7.96. The second-order valence-electron chi connectivity index (χ2n) is 7.64. The lowest BCUT2D eigenvalue weighted by Crippen LogP contribution is -2.35. The van der Waals surface area contributed by atoms with Crippen molar-refractivity contribution in [3.63, 3.8) is 0 Å².